The van der Waals surface area contributed by atoms with Crippen molar-refractivity contribution < 1.29 is 14.1 Å². The number of nitrogens with one attached hydrogen (secondary N) is 1. The molecule has 0 aliphatic rings. The minimum absolute atomic E-state index is 0.0145. The smallest absolute Gasteiger partial charge is 0.290 e. The number of amides is 2. The SMILES string of the molecule is CC(C)(NC(=O)c1cc(-c2cccc(Cl)c2)no1)C(N)=O. The molecule has 21 heavy (non-hydrogen) atoms. The lowest BCUT2D eigenvalue weighted by Gasteiger charge is -2.21. The van der Waals surface area contributed by atoms with Crippen LogP contribution in [0.3, 0.4) is 0 Å². The molecule has 7 heteroatoms. The molecule has 0 saturated carbocycles. The van der Waals surface area contributed by atoms with E-state index in [0.29, 0.717) is 10.7 Å². The summed E-state index contributed by atoms with van der Waals surface area (Å²) in [4.78, 5) is 23.2. The number of nitrogens with two attached hydrogens (primary N) is 1. The Balaban J connectivity index is 2.20. The molecule has 3 N–H and O–H groups in total. The van der Waals surface area contributed by atoms with Crippen molar-refractivity contribution in [1.82, 2.24) is 10.5 Å². The third-order valence-corrected chi connectivity index (χ3v) is 3.13. The van der Waals surface area contributed by atoms with E-state index in [0.717, 1.165) is 5.56 Å². The van der Waals surface area contributed by atoms with Crippen LogP contribution < -0.4 is 11.1 Å². The Bertz CT molecular complexity index is 694. The molecule has 0 aliphatic heterocycles. The molecule has 1 heterocycles. The first-order valence-electron chi connectivity index (χ1n) is 6.14. The molecule has 1 aromatic carbocycles. The van der Waals surface area contributed by atoms with Crippen LogP contribution in [0, 0.1) is 0 Å². The van der Waals surface area contributed by atoms with Crippen LogP contribution in [-0.4, -0.2) is 22.5 Å². The van der Waals surface area contributed by atoms with E-state index in [-0.39, 0.29) is 5.76 Å². The zero-order valence-corrected chi connectivity index (χ0v) is 12.3. The van der Waals surface area contributed by atoms with Crippen LogP contribution in [-0.2, 0) is 4.79 Å². The van der Waals surface area contributed by atoms with E-state index >= 15 is 0 Å². The summed E-state index contributed by atoms with van der Waals surface area (Å²) in [5, 5.41) is 6.84. The monoisotopic (exact) mass is 307 g/mol. The third-order valence-electron chi connectivity index (χ3n) is 2.90. The molecule has 0 atom stereocenters. The summed E-state index contributed by atoms with van der Waals surface area (Å²) in [7, 11) is 0. The van der Waals surface area contributed by atoms with Crippen LogP contribution in [0.25, 0.3) is 11.3 Å². The number of primary amides is 1. The van der Waals surface area contributed by atoms with Crippen LogP contribution in [0.15, 0.2) is 34.9 Å². The Morgan fingerprint density at radius 3 is 2.67 bits per heavy atom. The lowest BCUT2D eigenvalue weighted by Crippen LogP contribution is -2.52. The van der Waals surface area contributed by atoms with E-state index in [9.17, 15) is 9.59 Å². The van der Waals surface area contributed by atoms with Gasteiger partial charge in [-0.1, -0.05) is 28.9 Å². The Morgan fingerprint density at radius 1 is 1.33 bits per heavy atom. The van der Waals surface area contributed by atoms with Gasteiger partial charge in [0, 0.05) is 16.7 Å². The van der Waals surface area contributed by atoms with Crippen molar-refractivity contribution in [3.63, 3.8) is 0 Å². The summed E-state index contributed by atoms with van der Waals surface area (Å²) < 4.78 is 4.99. The van der Waals surface area contributed by atoms with Crippen LogP contribution >= 0.6 is 11.6 Å². The lowest BCUT2D eigenvalue weighted by atomic mass is 10.1. The van der Waals surface area contributed by atoms with Crippen molar-refractivity contribution in [2.24, 2.45) is 5.73 Å². The average Bonchev–Trinajstić information content (AvgIpc) is 2.87. The quantitative estimate of drug-likeness (QED) is 0.902. The van der Waals surface area contributed by atoms with Gasteiger partial charge in [-0.2, -0.15) is 0 Å². The number of benzene rings is 1. The molecule has 1 aromatic heterocycles. The zero-order chi connectivity index (χ0) is 15.6. The molecule has 0 radical (unpaired) electrons. The number of hydrogen-bond acceptors (Lipinski definition) is 4. The minimum Gasteiger partial charge on any atom is -0.368 e. The molecule has 0 fully saturated rings. The summed E-state index contributed by atoms with van der Waals surface area (Å²) in [6.07, 6.45) is 0. The van der Waals surface area contributed by atoms with E-state index < -0.39 is 17.4 Å². The first-order chi connectivity index (χ1) is 9.79. The van der Waals surface area contributed by atoms with E-state index in [1.807, 2.05) is 0 Å². The second-order valence-electron chi connectivity index (χ2n) is 5.03. The van der Waals surface area contributed by atoms with Gasteiger partial charge in [0.05, 0.1) is 0 Å². The van der Waals surface area contributed by atoms with Crippen molar-refractivity contribution in [2.45, 2.75) is 19.4 Å². The van der Waals surface area contributed by atoms with Crippen molar-refractivity contribution in [3.8, 4) is 11.3 Å². The Labute approximate surface area is 126 Å². The van der Waals surface area contributed by atoms with Gasteiger partial charge in [0.15, 0.2) is 0 Å². The number of halogens is 1. The van der Waals surface area contributed by atoms with Crippen molar-refractivity contribution in [2.75, 3.05) is 0 Å². The number of aromatic nitrogens is 1. The second kappa shape index (κ2) is 5.57. The summed E-state index contributed by atoms with van der Waals surface area (Å²) in [5.41, 5.74) is 5.21. The average molecular weight is 308 g/mol. The van der Waals surface area contributed by atoms with E-state index in [1.54, 1.807) is 24.3 Å². The number of nitrogens with zero attached hydrogens (tertiary/aromatic N) is 1. The summed E-state index contributed by atoms with van der Waals surface area (Å²) in [6, 6.07) is 8.46. The number of carbonyl (C=O) groups is 2. The van der Waals surface area contributed by atoms with Gasteiger partial charge in [-0.15, -0.1) is 0 Å². The molecule has 2 amide bonds. The van der Waals surface area contributed by atoms with Crippen LogP contribution in [0.2, 0.25) is 5.02 Å². The normalized spacial score (nSPS) is 11.2. The lowest BCUT2D eigenvalue weighted by molar-refractivity contribution is -0.122. The second-order valence-corrected chi connectivity index (χ2v) is 5.47. The molecule has 0 spiro atoms. The van der Waals surface area contributed by atoms with Crippen molar-refractivity contribution in [3.05, 3.63) is 41.1 Å². The van der Waals surface area contributed by atoms with Gasteiger partial charge in [-0.3, -0.25) is 9.59 Å². The van der Waals surface area contributed by atoms with E-state index in [1.165, 1.54) is 19.9 Å². The van der Waals surface area contributed by atoms with E-state index in [2.05, 4.69) is 10.5 Å². The maximum Gasteiger partial charge on any atom is 0.290 e. The fourth-order valence-corrected chi connectivity index (χ4v) is 1.76. The van der Waals surface area contributed by atoms with Gasteiger partial charge in [0.1, 0.15) is 11.2 Å². The molecule has 0 bridgehead atoms. The first kappa shape index (κ1) is 15.1. The van der Waals surface area contributed by atoms with Crippen molar-refractivity contribution in [1.29, 1.82) is 0 Å². The van der Waals surface area contributed by atoms with Crippen LogP contribution in [0.5, 0.6) is 0 Å². The Hall–Kier alpha value is -2.34. The van der Waals surface area contributed by atoms with E-state index in [4.69, 9.17) is 21.9 Å². The molecule has 0 unspecified atom stereocenters. The maximum absolute atomic E-state index is 12.0. The van der Waals surface area contributed by atoms with Gasteiger partial charge in [-0.25, -0.2) is 0 Å². The molecule has 110 valence electrons. The molecule has 0 aliphatic carbocycles. The number of carbonyl (C=O) groups excluding carboxylic acids is 2. The summed E-state index contributed by atoms with van der Waals surface area (Å²) >= 11 is 5.90. The molecule has 6 nitrogen and oxygen atoms in total. The maximum atomic E-state index is 12.0. The standard InChI is InChI=1S/C14H14ClN3O3/c1-14(2,13(16)20)17-12(19)11-7-10(18-21-11)8-4-3-5-9(15)6-8/h3-7H,1-2H3,(H2,16,20)(H,17,19). The Kier molecular flexibility index (Phi) is 3.99. The highest BCUT2D eigenvalue weighted by Gasteiger charge is 2.28. The van der Waals surface area contributed by atoms with Crippen LogP contribution in [0.1, 0.15) is 24.4 Å². The highest BCUT2D eigenvalue weighted by atomic mass is 35.5. The highest BCUT2D eigenvalue weighted by molar-refractivity contribution is 6.30. The molecular weight excluding hydrogens is 294 g/mol. The predicted octanol–water partition coefficient (Wildman–Crippen LogP) is 1.99. The topological polar surface area (TPSA) is 98.2 Å². The fourth-order valence-electron chi connectivity index (χ4n) is 1.57. The minimum atomic E-state index is -1.18. The highest BCUT2D eigenvalue weighted by Crippen LogP contribution is 2.22. The Morgan fingerprint density at radius 2 is 2.05 bits per heavy atom. The van der Waals surface area contributed by atoms with Crippen LogP contribution in [0.4, 0.5) is 0 Å². The van der Waals surface area contributed by atoms with Gasteiger partial charge in [0.25, 0.3) is 5.91 Å². The predicted molar refractivity (Wildman–Crippen MR) is 77.7 cm³/mol. The molecule has 2 rings (SSSR count). The number of rotatable bonds is 4. The zero-order valence-electron chi connectivity index (χ0n) is 11.5. The summed E-state index contributed by atoms with van der Waals surface area (Å²) in [5.74, 6) is -1.23. The molecular formula is C14H14ClN3O3. The van der Waals surface area contributed by atoms with Gasteiger partial charge in [-0.05, 0) is 26.0 Å². The fraction of sp³-hybridized carbons (Fsp3) is 0.214. The molecule has 2 aromatic rings. The largest absolute Gasteiger partial charge is 0.368 e. The third kappa shape index (κ3) is 3.41. The van der Waals surface area contributed by atoms with Gasteiger partial charge >= 0.3 is 0 Å². The van der Waals surface area contributed by atoms with Crippen molar-refractivity contribution >= 4 is 23.4 Å². The summed E-state index contributed by atoms with van der Waals surface area (Å²) in [6.45, 7) is 3.00. The first-order valence-corrected chi connectivity index (χ1v) is 6.52. The number of hydrogen-bond donors (Lipinski definition) is 2. The van der Waals surface area contributed by atoms with Gasteiger partial charge < -0.3 is 15.6 Å². The molecule has 0 saturated heterocycles. The van der Waals surface area contributed by atoms with Gasteiger partial charge in [0.2, 0.25) is 11.7 Å².